The van der Waals surface area contributed by atoms with E-state index in [-0.39, 0.29) is 5.91 Å². The van der Waals surface area contributed by atoms with E-state index in [9.17, 15) is 4.79 Å². The molecule has 0 fully saturated rings. The van der Waals surface area contributed by atoms with Crippen molar-refractivity contribution in [2.24, 2.45) is 0 Å². The van der Waals surface area contributed by atoms with Crippen LogP contribution in [-0.2, 0) is 9.53 Å². The number of rotatable bonds is 13. The molecule has 1 aromatic rings. The first-order chi connectivity index (χ1) is 12.9. The Morgan fingerprint density at radius 1 is 0.963 bits per heavy atom. The lowest BCUT2D eigenvalue weighted by Gasteiger charge is -2.29. The predicted molar refractivity (Wildman–Crippen MR) is 114 cm³/mol. The first-order valence-corrected chi connectivity index (χ1v) is 10.6. The quantitative estimate of drug-likeness (QED) is 0.417. The zero-order valence-corrected chi connectivity index (χ0v) is 18.2. The molecular weight excluding hydrogens is 338 g/mol. The number of hydrogen-bond acceptors (Lipinski definition) is 3. The molecule has 1 N–H and O–H groups in total. The fraction of sp³-hybridized carbons (Fsp3) is 0.696. The fourth-order valence-corrected chi connectivity index (χ4v) is 3.12. The maximum atomic E-state index is 13.0. The number of nitrogens with one attached hydrogen (secondary N) is 1. The van der Waals surface area contributed by atoms with Crippen molar-refractivity contribution in [3.8, 4) is 5.75 Å². The second kappa shape index (κ2) is 12.0. The smallest absolute Gasteiger partial charge is 0.256 e. The monoisotopic (exact) mass is 377 g/mol. The van der Waals surface area contributed by atoms with Gasteiger partial charge in [0.1, 0.15) is 11.4 Å². The molecule has 0 aromatic heterocycles. The largest absolute Gasteiger partial charge is 0.493 e. The van der Waals surface area contributed by atoms with Gasteiger partial charge in [-0.2, -0.15) is 0 Å². The number of hydrogen-bond donors (Lipinski definition) is 1. The number of unbranched alkanes of at least 4 members (excludes halogenated alkanes) is 3. The molecule has 4 nitrogen and oxygen atoms in total. The van der Waals surface area contributed by atoms with E-state index in [2.05, 4.69) is 26.1 Å². The van der Waals surface area contributed by atoms with Gasteiger partial charge >= 0.3 is 0 Å². The molecule has 0 bridgehead atoms. The molecule has 0 radical (unpaired) electrons. The average Bonchev–Trinajstić information content (AvgIpc) is 2.62. The first kappa shape index (κ1) is 23.5. The van der Waals surface area contributed by atoms with Crippen molar-refractivity contribution in [1.82, 2.24) is 0 Å². The van der Waals surface area contributed by atoms with Crippen molar-refractivity contribution < 1.29 is 14.3 Å². The topological polar surface area (TPSA) is 47.6 Å². The zero-order valence-electron chi connectivity index (χ0n) is 18.2. The molecule has 27 heavy (non-hydrogen) atoms. The molecular formula is C23H39NO3. The molecule has 0 spiro atoms. The molecule has 0 aliphatic carbocycles. The highest BCUT2D eigenvalue weighted by Crippen LogP contribution is 2.29. The highest BCUT2D eigenvalue weighted by molar-refractivity contribution is 5.97. The van der Waals surface area contributed by atoms with Crippen LogP contribution in [0.25, 0.3) is 0 Å². The Morgan fingerprint density at radius 2 is 1.59 bits per heavy atom. The Labute approximate surface area is 166 Å². The summed E-state index contributed by atoms with van der Waals surface area (Å²) in [6.45, 7) is 13.7. The summed E-state index contributed by atoms with van der Waals surface area (Å²) in [5, 5.41) is 3.07. The Balaban J connectivity index is 2.87. The van der Waals surface area contributed by atoms with Gasteiger partial charge in [-0.15, -0.1) is 0 Å². The van der Waals surface area contributed by atoms with Gasteiger partial charge in [0.15, 0.2) is 0 Å². The molecule has 1 atom stereocenters. The van der Waals surface area contributed by atoms with Crippen LogP contribution in [0, 0.1) is 13.8 Å². The van der Waals surface area contributed by atoms with Crippen molar-refractivity contribution in [3.05, 3.63) is 23.3 Å². The normalized spacial score (nSPS) is 13.3. The molecule has 0 saturated heterocycles. The van der Waals surface area contributed by atoms with Crippen LogP contribution in [0.4, 0.5) is 5.69 Å². The van der Waals surface area contributed by atoms with Gasteiger partial charge < -0.3 is 14.8 Å². The number of ether oxygens (including phenoxy) is 2. The SMILES string of the molecule is CCCCC[C@](C)(OCCC)C(=O)Nc1cc(C)c(OCCCC)c(C)c1. The minimum absolute atomic E-state index is 0.0643. The summed E-state index contributed by atoms with van der Waals surface area (Å²) in [5.41, 5.74) is 2.11. The van der Waals surface area contributed by atoms with Crippen molar-refractivity contribution in [2.45, 2.75) is 92.1 Å². The second-order valence-electron chi connectivity index (χ2n) is 7.63. The third-order valence-corrected chi connectivity index (χ3v) is 4.82. The molecule has 0 unspecified atom stereocenters. The number of anilines is 1. The van der Waals surface area contributed by atoms with E-state index in [0.717, 1.165) is 74.1 Å². The van der Waals surface area contributed by atoms with E-state index in [1.54, 1.807) is 0 Å². The zero-order chi connectivity index (χ0) is 20.3. The fourth-order valence-electron chi connectivity index (χ4n) is 3.12. The molecule has 1 amide bonds. The highest BCUT2D eigenvalue weighted by atomic mass is 16.5. The predicted octanol–water partition coefficient (Wildman–Crippen LogP) is 6.19. The van der Waals surface area contributed by atoms with E-state index >= 15 is 0 Å². The van der Waals surface area contributed by atoms with E-state index < -0.39 is 5.60 Å². The number of aryl methyl sites for hydroxylation is 2. The summed E-state index contributed by atoms with van der Waals surface area (Å²) >= 11 is 0. The summed E-state index contributed by atoms with van der Waals surface area (Å²) in [7, 11) is 0. The minimum Gasteiger partial charge on any atom is -0.493 e. The first-order valence-electron chi connectivity index (χ1n) is 10.6. The van der Waals surface area contributed by atoms with Crippen LogP contribution in [-0.4, -0.2) is 24.7 Å². The van der Waals surface area contributed by atoms with Crippen molar-refractivity contribution in [2.75, 3.05) is 18.5 Å². The van der Waals surface area contributed by atoms with Gasteiger partial charge in [-0.1, -0.05) is 46.5 Å². The second-order valence-corrected chi connectivity index (χ2v) is 7.63. The lowest BCUT2D eigenvalue weighted by Crippen LogP contribution is -2.43. The maximum Gasteiger partial charge on any atom is 0.256 e. The minimum atomic E-state index is -0.788. The Bertz CT molecular complexity index is 562. The van der Waals surface area contributed by atoms with Crippen LogP contribution >= 0.6 is 0 Å². The van der Waals surface area contributed by atoms with Crippen LogP contribution in [0.3, 0.4) is 0 Å². The van der Waals surface area contributed by atoms with Gasteiger partial charge in [0.2, 0.25) is 0 Å². The van der Waals surface area contributed by atoms with E-state index in [1.807, 2.05) is 32.9 Å². The Hall–Kier alpha value is -1.55. The van der Waals surface area contributed by atoms with E-state index in [0.29, 0.717) is 6.61 Å². The molecule has 0 aliphatic heterocycles. The summed E-state index contributed by atoms with van der Waals surface area (Å²) in [4.78, 5) is 13.0. The molecule has 0 saturated carbocycles. The van der Waals surface area contributed by atoms with E-state index in [1.165, 1.54) is 0 Å². The highest BCUT2D eigenvalue weighted by Gasteiger charge is 2.33. The number of benzene rings is 1. The number of carbonyl (C=O) groups excluding carboxylic acids is 1. The van der Waals surface area contributed by atoms with Gasteiger partial charge in [0, 0.05) is 12.3 Å². The van der Waals surface area contributed by atoms with Crippen LogP contribution in [0.5, 0.6) is 5.75 Å². The third kappa shape index (κ3) is 7.53. The van der Waals surface area contributed by atoms with Crippen LogP contribution in [0.2, 0.25) is 0 Å². The summed E-state index contributed by atoms with van der Waals surface area (Å²) in [6, 6.07) is 3.97. The van der Waals surface area contributed by atoms with Gasteiger partial charge in [0.25, 0.3) is 5.91 Å². The summed E-state index contributed by atoms with van der Waals surface area (Å²) in [6.07, 6.45) is 7.03. The van der Waals surface area contributed by atoms with Crippen LogP contribution in [0.1, 0.15) is 83.8 Å². The standard InChI is InChI=1S/C23H39NO3/c1-7-10-12-13-23(6,27-14-9-3)22(25)24-20-16-18(4)21(19(5)17-20)26-15-11-8-2/h16-17H,7-15H2,1-6H3,(H,24,25)/t23-/m0/s1. The summed E-state index contributed by atoms with van der Waals surface area (Å²) < 4.78 is 11.9. The molecule has 0 heterocycles. The van der Waals surface area contributed by atoms with Crippen molar-refractivity contribution in [1.29, 1.82) is 0 Å². The molecule has 0 aliphatic rings. The third-order valence-electron chi connectivity index (χ3n) is 4.82. The average molecular weight is 378 g/mol. The van der Waals surface area contributed by atoms with Gasteiger partial charge in [-0.25, -0.2) is 0 Å². The Kier molecular flexibility index (Phi) is 10.5. The Morgan fingerprint density at radius 3 is 2.15 bits per heavy atom. The van der Waals surface area contributed by atoms with Gasteiger partial charge in [-0.05, 0) is 63.3 Å². The van der Waals surface area contributed by atoms with Crippen molar-refractivity contribution in [3.63, 3.8) is 0 Å². The summed E-state index contributed by atoms with van der Waals surface area (Å²) in [5.74, 6) is 0.861. The van der Waals surface area contributed by atoms with Gasteiger partial charge in [-0.3, -0.25) is 4.79 Å². The maximum absolute atomic E-state index is 13.0. The lowest BCUT2D eigenvalue weighted by molar-refractivity contribution is -0.140. The van der Waals surface area contributed by atoms with Crippen molar-refractivity contribution >= 4 is 11.6 Å². The molecule has 154 valence electrons. The van der Waals surface area contributed by atoms with Gasteiger partial charge in [0.05, 0.1) is 6.61 Å². The van der Waals surface area contributed by atoms with E-state index in [4.69, 9.17) is 9.47 Å². The lowest BCUT2D eigenvalue weighted by atomic mass is 9.96. The molecule has 4 heteroatoms. The van der Waals surface area contributed by atoms with Crippen LogP contribution < -0.4 is 10.1 Å². The van der Waals surface area contributed by atoms with Crippen LogP contribution in [0.15, 0.2) is 12.1 Å². The number of amides is 1. The molecule has 1 rings (SSSR count). The number of carbonyl (C=O) groups is 1. The molecule has 1 aromatic carbocycles.